The zero-order valence-corrected chi connectivity index (χ0v) is 16.7. The first-order valence-electron chi connectivity index (χ1n) is 9.02. The molecular formula is C20H18ClN3O6. The number of halogens is 1. The monoisotopic (exact) mass is 431 g/mol. The number of hydrogen-bond donors (Lipinski definition) is 1. The smallest absolute Gasteiger partial charge is 0.311 e. The van der Waals surface area contributed by atoms with Gasteiger partial charge in [0.25, 0.3) is 11.6 Å². The Balaban J connectivity index is 1.55. The normalized spacial score (nSPS) is 15.7. The number of hydrogen-bond acceptors (Lipinski definition) is 6. The first kappa shape index (κ1) is 21.3. The average molecular weight is 432 g/mol. The summed E-state index contributed by atoms with van der Waals surface area (Å²) >= 11 is 6.11. The van der Waals surface area contributed by atoms with Crippen molar-refractivity contribution in [3.05, 3.63) is 63.2 Å². The zero-order chi connectivity index (χ0) is 21.8. The number of carbonyl (C=O) groups is 3. The van der Waals surface area contributed by atoms with Crippen LogP contribution >= 0.6 is 11.6 Å². The SMILES string of the molecule is Cc1ccc(NC(=O)COC(=O)[C@@H]2CC(=O)N(c3ccccc3Cl)C2)cc1[N+](=O)[O-]. The number of anilines is 2. The van der Waals surface area contributed by atoms with Gasteiger partial charge in [-0.3, -0.25) is 24.5 Å². The molecule has 0 spiro atoms. The van der Waals surface area contributed by atoms with E-state index in [2.05, 4.69) is 5.32 Å². The molecule has 1 aliphatic heterocycles. The summed E-state index contributed by atoms with van der Waals surface area (Å²) in [5.41, 5.74) is 1.06. The van der Waals surface area contributed by atoms with Crippen molar-refractivity contribution in [2.45, 2.75) is 13.3 Å². The molecule has 2 amide bonds. The third-order valence-corrected chi connectivity index (χ3v) is 4.96. The lowest BCUT2D eigenvalue weighted by atomic mass is 10.1. The van der Waals surface area contributed by atoms with Crippen molar-refractivity contribution < 1.29 is 24.0 Å². The Morgan fingerprint density at radius 2 is 2.03 bits per heavy atom. The largest absolute Gasteiger partial charge is 0.455 e. The molecule has 156 valence electrons. The summed E-state index contributed by atoms with van der Waals surface area (Å²) in [6, 6.07) is 11.1. The highest BCUT2D eigenvalue weighted by atomic mass is 35.5. The van der Waals surface area contributed by atoms with E-state index in [0.29, 0.717) is 16.3 Å². The van der Waals surface area contributed by atoms with Crippen LogP contribution in [0, 0.1) is 23.0 Å². The molecule has 30 heavy (non-hydrogen) atoms. The molecule has 9 nitrogen and oxygen atoms in total. The van der Waals surface area contributed by atoms with E-state index in [9.17, 15) is 24.5 Å². The van der Waals surface area contributed by atoms with E-state index < -0.39 is 29.3 Å². The van der Waals surface area contributed by atoms with E-state index >= 15 is 0 Å². The molecule has 1 heterocycles. The highest BCUT2D eigenvalue weighted by Crippen LogP contribution is 2.31. The summed E-state index contributed by atoms with van der Waals surface area (Å²) in [5, 5.41) is 13.8. The average Bonchev–Trinajstić information content (AvgIpc) is 3.09. The number of benzene rings is 2. The van der Waals surface area contributed by atoms with Crippen molar-refractivity contribution in [3.8, 4) is 0 Å². The van der Waals surface area contributed by atoms with Crippen LogP contribution in [0.15, 0.2) is 42.5 Å². The van der Waals surface area contributed by atoms with Gasteiger partial charge in [0.15, 0.2) is 6.61 Å². The molecule has 1 atom stereocenters. The first-order valence-corrected chi connectivity index (χ1v) is 9.40. The predicted molar refractivity (Wildman–Crippen MR) is 109 cm³/mol. The van der Waals surface area contributed by atoms with Gasteiger partial charge in [-0.15, -0.1) is 0 Å². The van der Waals surface area contributed by atoms with Gasteiger partial charge in [0.05, 0.1) is 21.6 Å². The fourth-order valence-corrected chi connectivity index (χ4v) is 3.34. The molecule has 0 radical (unpaired) electrons. The van der Waals surface area contributed by atoms with E-state index in [1.54, 1.807) is 31.2 Å². The molecule has 0 bridgehead atoms. The molecule has 0 aromatic heterocycles. The van der Waals surface area contributed by atoms with Gasteiger partial charge in [0.1, 0.15) is 0 Å². The van der Waals surface area contributed by atoms with Crippen molar-refractivity contribution in [1.82, 2.24) is 0 Å². The van der Waals surface area contributed by atoms with Gasteiger partial charge in [-0.2, -0.15) is 0 Å². The summed E-state index contributed by atoms with van der Waals surface area (Å²) in [6.07, 6.45) is -0.0458. The van der Waals surface area contributed by atoms with Crippen molar-refractivity contribution in [2.24, 2.45) is 5.92 Å². The maximum Gasteiger partial charge on any atom is 0.311 e. The topological polar surface area (TPSA) is 119 Å². The molecule has 0 saturated carbocycles. The van der Waals surface area contributed by atoms with E-state index in [1.807, 2.05) is 0 Å². The van der Waals surface area contributed by atoms with Crippen molar-refractivity contribution in [1.29, 1.82) is 0 Å². The van der Waals surface area contributed by atoms with Gasteiger partial charge in [0.2, 0.25) is 5.91 Å². The molecule has 0 aliphatic carbocycles. The Kier molecular flexibility index (Phi) is 6.31. The second-order valence-corrected chi connectivity index (χ2v) is 7.18. The lowest BCUT2D eigenvalue weighted by Gasteiger charge is -2.17. The minimum Gasteiger partial charge on any atom is -0.455 e. The number of nitrogens with zero attached hydrogens (tertiary/aromatic N) is 2. The summed E-state index contributed by atoms with van der Waals surface area (Å²) in [7, 11) is 0. The van der Waals surface area contributed by atoms with Gasteiger partial charge >= 0.3 is 5.97 Å². The molecule has 1 aliphatic rings. The highest BCUT2D eigenvalue weighted by molar-refractivity contribution is 6.33. The third-order valence-electron chi connectivity index (χ3n) is 4.64. The number of nitro benzene ring substituents is 1. The first-order chi connectivity index (χ1) is 14.3. The highest BCUT2D eigenvalue weighted by Gasteiger charge is 2.37. The molecule has 1 saturated heterocycles. The summed E-state index contributed by atoms with van der Waals surface area (Å²) < 4.78 is 5.03. The maximum atomic E-state index is 12.3. The van der Waals surface area contributed by atoms with E-state index in [-0.39, 0.29) is 30.2 Å². The Morgan fingerprint density at radius 3 is 2.73 bits per heavy atom. The van der Waals surface area contributed by atoms with Crippen molar-refractivity contribution >= 4 is 46.4 Å². The van der Waals surface area contributed by atoms with Crippen LogP contribution in [0.3, 0.4) is 0 Å². The molecule has 0 unspecified atom stereocenters. The van der Waals surface area contributed by atoms with E-state index in [0.717, 1.165) is 0 Å². The summed E-state index contributed by atoms with van der Waals surface area (Å²) in [5.74, 6) is -2.31. The Hall–Kier alpha value is -3.46. The molecule has 3 rings (SSSR count). The van der Waals surface area contributed by atoms with Crippen LogP contribution in [0.25, 0.3) is 0 Å². The quantitative estimate of drug-likeness (QED) is 0.426. The van der Waals surface area contributed by atoms with E-state index in [4.69, 9.17) is 16.3 Å². The summed E-state index contributed by atoms with van der Waals surface area (Å²) in [6.45, 7) is 1.12. The standard InChI is InChI=1S/C20H18ClN3O6/c1-12-6-7-14(9-17(12)24(28)29)22-18(25)11-30-20(27)13-8-19(26)23(10-13)16-5-3-2-4-15(16)21/h2-7,9,13H,8,10-11H2,1H3,(H,22,25)/t13-/m1/s1. The van der Waals surface area contributed by atoms with Crippen LogP contribution in [0.1, 0.15) is 12.0 Å². The Labute approximate surface area is 176 Å². The van der Waals surface area contributed by atoms with Crippen LogP contribution in [0.2, 0.25) is 5.02 Å². The molecule has 10 heteroatoms. The van der Waals surface area contributed by atoms with Crippen LogP contribution in [0.5, 0.6) is 0 Å². The van der Waals surface area contributed by atoms with Gasteiger partial charge in [-0.05, 0) is 25.1 Å². The molecular weight excluding hydrogens is 414 g/mol. The second-order valence-electron chi connectivity index (χ2n) is 6.77. The van der Waals surface area contributed by atoms with Crippen LogP contribution in [-0.4, -0.2) is 35.9 Å². The minimum absolute atomic E-state index is 0.0458. The lowest BCUT2D eigenvalue weighted by molar-refractivity contribution is -0.385. The predicted octanol–water partition coefficient (Wildman–Crippen LogP) is 3.09. The van der Waals surface area contributed by atoms with E-state index in [1.165, 1.54) is 23.1 Å². The Morgan fingerprint density at radius 1 is 1.30 bits per heavy atom. The molecule has 2 aromatic carbocycles. The number of aryl methyl sites for hydroxylation is 1. The van der Waals surface area contributed by atoms with Gasteiger partial charge in [0, 0.05) is 30.3 Å². The lowest BCUT2D eigenvalue weighted by Crippen LogP contribution is -2.28. The fourth-order valence-electron chi connectivity index (χ4n) is 3.10. The second kappa shape index (κ2) is 8.91. The van der Waals surface area contributed by atoms with Gasteiger partial charge in [-0.1, -0.05) is 29.8 Å². The molecule has 2 aromatic rings. The zero-order valence-electron chi connectivity index (χ0n) is 16.0. The van der Waals surface area contributed by atoms with Crippen LogP contribution in [-0.2, 0) is 19.1 Å². The number of para-hydroxylation sites is 1. The number of carbonyl (C=O) groups excluding carboxylic acids is 3. The minimum atomic E-state index is -0.720. The van der Waals surface area contributed by atoms with Crippen molar-refractivity contribution in [2.75, 3.05) is 23.4 Å². The van der Waals surface area contributed by atoms with Gasteiger partial charge < -0.3 is 15.0 Å². The number of nitro groups is 1. The summed E-state index contributed by atoms with van der Waals surface area (Å²) in [4.78, 5) is 48.4. The molecule has 1 N–H and O–H groups in total. The Bertz CT molecular complexity index is 1030. The molecule has 1 fully saturated rings. The third kappa shape index (κ3) is 4.74. The number of ether oxygens (including phenoxy) is 1. The van der Waals surface area contributed by atoms with Gasteiger partial charge in [-0.25, -0.2) is 0 Å². The number of nitrogens with one attached hydrogen (secondary N) is 1. The maximum absolute atomic E-state index is 12.3. The number of rotatable bonds is 6. The van der Waals surface area contributed by atoms with Crippen molar-refractivity contribution in [3.63, 3.8) is 0 Å². The number of esters is 1. The van der Waals surface area contributed by atoms with Crippen LogP contribution < -0.4 is 10.2 Å². The van der Waals surface area contributed by atoms with Crippen LogP contribution in [0.4, 0.5) is 17.1 Å². The number of amides is 2. The fraction of sp³-hybridized carbons (Fsp3) is 0.250.